The SMILES string of the molecule is CN(CCC(=O)c1cccc(F)c1)CCC(F)(F)F. The van der Waals surface area contributed by atoms with E-state index in [1.165, 1.54) is 30.1 Å². The van der Waals surface area contributed by atoms with Gasteiger partial charge in [-0.3, -0.25) is 4.79 Å². The van der Waals surface area contributed by atoms with Crippen molar-refractivity contribution < 1.29 is 22.4 Å². The molecular weight excluding hydrogens is 262 g/mol. The fourth-order valence-corrected chi connectivity index (χ4v) is 1.53. The summed E-state index contributed by atoms with van der Waals surface area (Å²) in [6.45, 7) is 0.0609. The van der Waals surface area contributed by atoms with Crippen LogP contribution in [0.15, 0.2) is 24.3 Å². The highest BCUT2D eigenvalue weighted by molar-refractivity contribution is 5.96. The minimum Gasteiger partial charge on any atom is -0.306 e. The lowest BCUT2D eigenvalue weighted by molar-refractivity contribution is -0.137. The van der Waals surface area contributed by atoms with Crippen molar-refractivity contribution >= 4 is 5.78 Å². The van der Waals surface area contributed by atoms with Crippen molar-refractivity contribution in [3.63, 3.8) is 0 Å². The molecule has 19 heavy (non-hydrogen) atoms. The Kier molecular flexibility index (Phi) is 5.47. The van der Waals surface area contributed by atoms with Gasteiger partial charge in [0.2, 0.25) is 0 Å². The summed E-state index contributed by atoms with van der Waals surface area (Å²) in [5.41, 5.74) is 0.240. The molecule has 1 aromatic carbocycles. The van der Waals surface area contributed by atoms with Crippen LogP contribution < -0.4 is 0 Å². The summed E-state index contributed by atoms with van der Waals surface area (Å²) in [5, 5.41) is 0. The Morgan fingerprint density at radius 1 is 1.26 bits per heavy atom. The first-order chi connectivity index (χ1) is 8.78. The van der Waals surface area contributed by atoms with Crippen molar-refractivity contribution in [2.75, 3.05) is 20.1 Å². The van der Waals surface area contributed by atoms with Crippen LogP contribution in [0.25, 0.3) is 0 Å². The topological polar surface area (TPSA) is 20.3 Å². The number of Topliss-reactive ketones (excluding diaryl/α,β-unsaturated/α-hetero) is 1. The van der Waals surface area contributed by atoms with Gasteiger partial charge in [-0.2, -0.15) is 13.2 Å². The van der Waals surface area contributed by atoms with E-state index in [1.807, 2.05) is 0 Å². The highest BCUT2D eigenvalue weighted by Crippen LogP contribution is 2.19. The van der Waals surface area contributed by atoms with Gasteiger partial charge in [-0.25, -0.2) is 4.39 Å². The molecule has 0 saturated carbocycles. The summed E-state index contributed by atoms with van der Waals surface area (Å²) in [6.07, 6.45) is -5.03. The lowest BCUT2D eigenvalue weighted by Gasteiger charge is -2.17. The molecule has 0 saturated heterocycles. The number of nitrogens with zero attached hydrogens (tertiary/aromatic N) is 1. The molecule has 0 N–H and O–H groups in total. The summed E-state index contributed by atoms with van der Waals surface area (Å²) in [7, 11) is 1.52. The van der Waals surface area contributed by atoms with E-state index in [0.717, 1.165) is 6.07 Å². The first kappa shape index (κ1) is 15.6. The largest absolute Gasteiger partial charge is 0.390 e. The first-order valence-electron chi connectivity index (χ1n) is 5.82. The maximum Gasteiger partial charge on any atom is 0.390 e. The fraction of sp³-hybridized carbons (Fsp3) is 0.462. The number of ketones is 1. The van der Waals surface area contributed by atoms with Crippen LogP contribution in [-0.2, 0) is 0 Å². The Morgan fingerprint density at radius 2 is 1.95 bits per heavy atom. The molecule has 0 bridgehead atoms. The van der Waals surface area contributed by atoms with Gasteiger partial charge >= 0.3 is 6.18 Å². The number of carbonyl (C=O) groups is 1. The number of rotatable bonds is 6. The predicted molar refractivity (Wildman–Crippen MR) is 63.5 cm³/mol. The van der Waals surface area contributed by atoms with Crippen molar-refractivity contribution in [1.29, 1.82) is 0 Å². The van der Waals surface area contributed by atoms with Crippen LogP contribution in [0.5, 0.6) is 0 Å². The first-order valence-corrected chi connectivity index (χ1v) is 5.82. The van der Waals surface area contributed by atoms with Crippen molar-refractivity contribution in [2.24, 2.45) is 0 Å². The minimum atomic E-state index is -4.19. The third-order valence-electron chi connectivity index (χ3n) is 2.64. The van der Waals surface area contributed by atoms with E-state index in [2.05, 4.69) is 0 Å². The molecule has 1 aromatic rings. The Balaban J connectivity index is 2.38. The predicted octanol–water partition coefficient (Wildman–Crippen LogP) is 3.28. The molecule has 1 rings (SSSR count). The molecule has 106 valence electrons. The number of benzene rings is 1. The highest BCUT2D eigenvalue weighted by atomic mass is 19.4. The summed E-state index contributed by atoms with van der Waals surface area (Å²) < 4.78 is 48.9. The zero-order chi connectivity index (χ0) is 14.5. The summed E-state index contributed by atoms with van der Waals surface area (Å²) >= 11 is 0. The molecule has 0 unspecified atom stereocenters. The lowest BCUT2D eigenvalue weighted by atomic mass is 10.1. The Labute approximate surface area is 109 Å². The van der Waals surface area contributed by atoms with Gasteiger partial charge in [-0.05, 0) is 19.2 Å². The van der Waals surface area contributed by atoms with Crippen LogP contribution in [0.4, 0.5) is 17.6 Å². The van der Waals surface area contributed by atoms with Crippen LogP contribution in [0.2, 0.25) is 0 Å². The normalized spacial score (nSPS) is 11.9. The van der Waals surface area contributed by atoms with E-state index >= 15 is 0 Å². The van der Waals surface area contributed by atoms with Crippen LogP contribution >= 0.6 is 0 Å². The Bertz CT molecular complexity index is 431. The second-order valence-corrected chi connectivity index (χ2v) is 4.35. The third kappa shape index (κ3) is 6.33. The molecule has 0 aromatic heterocycles. The van der Waals surface area contributed by atoms with Gasteiger partial charge in [-0.1, -0.05) is 12.1 Å². The number of hydrogen-bond acceptors (Lipinski definition) is 2. The standard InChI is InChI=1S/C13H15F4NO/c1-18(8-6-13(15,16)17)7-5-12(19)10-3-2-4-11(14)9-10/h2-4,9H,5-8H2,1H3. The molecule has 0 fully saturated rings. The Morgan fingerprint density at radius 3 is 2.53 bits per heavy atom. The van der Waals surface area contributed by atoms with Gasteiger partial charge in [-0.15, -0.1) is 0 Å². The molecule has 0 amide bonds. The molecule has 6 heteroatoms. The molecule has 0 heterocycles. The molecule has 0 aliphatic heterocycles. The summed E-state index contributed by atoms with van der Waals surface area (Å²) in [6, 6.07) is 5.27. The molecule has 0 aliphatic carbocycles. The summed E-state index contributed by atoms with van der Waals surface area (Å²) in [5.74, 6) is -0.783. The summed E-state index contributed by atoms with van der Waals surface area (Å²) in [4.78, 5) is 13.1. The van der Waals surface area contributed by atoms with E-state index < -0.39 is 18.4 Å². The second-order valence-electron chi connectivity index (χ2n) is 4.35. The monoisotopic (exact) mass is 277 g/mol. The number of alkyl halides is 3. The number of halogens is 4. The molecule has 0 radical (unpaired) electrons. The van der Waals surface area contributed by atoms with E-state index in [0.29, 0.717) is 0 Å². The minimum absolute atomic E-state index is 0.0673. The zero-order valence-corrected chi connectivity index (χ0v) is 10.5. The number of hydrogen-bond donors (Lipinski definition) is 0. The molecule has 0 aliphatic rings. The van der Waals surface area contributed by atoms with E-state index in [1.54, 1.807) is 0 Å². The average Bonchev–Trinajstić information content (AvgIpc) is 2.32. The number of carbonyl (C=O) groups excluding carboxylic acids is 1. The Hall–Kier alpha value is -1.43. The van der Waals surface area contributed by atoms with Gasteiger partial charge in [0.05, 0.1) is 6.42 Å². The van der Waals surface area contributed by atoms with Gasteiger partial charge in [0.1, 0.15) is 5.82 Å². The molecule has 0 spiro atoms. The van der Waals surface area contributed by atoms with Crippen LogP contribution in [-0.4, -0.2) is 37.0 Å². The average molecular weight is 277 g/mol. The quantitative estimate of drug-likeness (QED) is 0.587. The highest BCUT2D eigenvalue weighted by Gasteiger charge is 2.27. The molecule has 0 atom stereocenters. The van der Waals surface area contributed by atoms with E-state index in [9.17, 15) is 22.4 Å². The zero-order valence-electron chi connectivity index (χ0n) is 10.5. The van der Waals surface area contributed by atoms with Crippen LogP contribution in [0.1, 0.15) is 23.2 Å². The van der Waals surface area contributed by atoms with Gasteiger partial charge in [0.25, 0.3) is 0 Å². The molecule has 2 nitrogen and oxygen atoms in total. The third-order valence-corrected chi connectivity index (χ3v) is 2.64. The van der Waals surface area contributed by atoms with Crippen LogP contribution in [0.3, 0.4) is 0 Å². The van der Waals surface area contributed by atoms with Crippen molar-refractivity contribution in [3.8, 4) is 0 Å². The van der Waals surface area contributed by atoms with Gasteiger partial charge in [0, 0.05) is 25.1 Å². The van der Waals surface area contributed by atoms with Gasteiger partial charge in [0.15, 0.2) is 5.78 Å². The van der Waals surface area contributed by atoms with Crippen LogP contribution in [0, 0.1) is 5.82 Å². The van der Waals surface area contributed by atoms with E-state index in [4.69, 9.17) is 0 Å². The smallest absolute Gasteiger partial charge is 0.306 e. The van der Waals surface area contributed by atoms with Crippen molar-refractivity contribution in [1.82, 2.24) is 4.90 Å². The molecular formula is C13H15F4NO. The van der Waals surface area contributed by atoms with Crippen molar-refractivity contribution in [2.45, 2.75) is 19.0 Å². The maximum absolute atomic E-state index is 12.9. The fourth-order valence-electron chi connectivity index (χ4n) is 1.53. The lowest BCUT2D eigenvalue weighted by Crippen LogP contribution is -2.26. The maximum atomic E-state index is 12.9. The van der Waals surface area contributed by atoms with Gasteiger partial charge < -0.3 is 4.90 Å². The van der Waals surface area contributed by atoms with E-state index in [-0.39, 0.29) is 30.9 Å². The van der Waals surface area contributed by atoms with Crippen molar-refractivity contribution in [3.05, 3.63) is 35.6 Å². The second kappa shape index (κ2) is 6.65.